The van der Waals surface area contributed by atoms with Gasteiger partial charge in [-0.1, -0.05) is 53.2 Å². The highest BCUT2D eigenvalue weighted by Crippen LogP contribution is 2.77. The van der Waals surface area contributed by atoms with Crippen LogP contribution in [0.1, 0.15) is 135 Å². The van der Waals surface area contributed by atoms with E-state index in [1.165, 1.54) is 12.5 Å². The van der Waals surface area contributed by atoms with Crippen molar-refractivity contribution >= 4 is 17.9 Å². The number of carboxylic acid groups (broad SMARTS) is 1. The molecule has 0 radical (unpaired) electrons. The van der Waals surface area contributed by atoms with Crippen molar-refractivity contribution in [3.63, 3.8) is 0 Å². The molecule has 29 nitrogen and oxygen atoms in total. The highest BCUT2D eigenvalue weighted by molar-refractivity contribution is 5.74. The Bertz CT molecular complexity index is 2630. The Kier molecular flexibility index (Phi) is 25.8. The third-order valence-electron chi connectivity index (χ3n) is 24.1. The number of carbonyl (C=O) groups is 3. The first-order chi connectivity index (χ1) is 45.2. The van der Waals surface area contributed by atoms with E-state index >= 15 is 0 Å². The molecular weight excluding hydrogens is 1280 g/mol. The van der Waals surface area contributed by atoms with Crippen LogP contribution < -0.4 is 0 Å². The van der Waals surface area contributed by atoms with Gasteiger partial charge in [-0.2, -0.15) is 0 Å². The number of esters is 2. The second-order valence-corrected chi connectivity index (χ2v) is 31.7. The molecule has 14 unspecified atom stereocenters. The van der Waals surface area contributed by atoms with Crippen LogP contribution in [0.25, 0.3) is 0 Å². The zero-order valence-corrected chi connectivity index (χ0v) is 58.7. The van der Waals surface area contributed by atoms with Crippen LogP contribution in [0.3, 0.4) is 0 Å². The molecule has 0 aromatic heterocycles. The van der Waals surface area contributed by atoms with E-state index in [2.05, 4.69) is 40.7 Å². The number of aliphatic hydroxyl groups is 14. The molecule has 5 aliphatic carbocycles. The lowest BCUT2D eigenvalue weighted by Crippen LogP contribution is -2.69. The molecule has 15 N–H and O–H groups in total. The van der Waals surface area contributed by atoms with E-state index in [9.17, 15) is 91.0 Å². The Morgan fingerprint density at radius 2 is 1.24 bits per heavy atom. The molecule has 0 spiro atoms. The smallest absolute Gasteiger partial charge is 0.335 e. The van der Waals surface area contributed by atoms with Crippen molar-refractivity contribution in [2.45, 2.75) is 276 Å². The minimum atomic E-state index is -2.09. The predicted molar refractivity (Wildman–Crippen MR) is 341 cm³/mol. The molecular formula is C68H116N2O27. The van der Waals surface area contributed by atoms with E-state index < -0.39 is 205 Å². The molecule has 97 heavy (non-hydrogen) atoms. The molecule has 8 fully saturated rings. The normalized spacial score (nSPS) is 44.8. The Balaban J connectivity index is 0.000000520. The van der Waals surface area contributed by atoms with Gasteiger partial charge in [-0.15, -0.1) is 0 Å². The standard InChI is InChI=1S/C54H84O23.C14H32N2O4/c1-22(23(2)71-24(3)57)45(68)70-21-54-26-16-49(4,5)43(42(54)65)73-32(54)17-53(9)25(26)10-11-30-50(6)14-13-31(51(7,20-56)29(50)12-15-52(30,53)8)74-48-40(76-46-36(62)33(59)27(58)19-69-46)38(64)39(41(77-48)44(66)67)75-47-37(63)35(61)34(60)28(18-55)72-47;1-11(17)7-15(8-12(2)18)5-6-16(9-13(3)19)10-14(4)20/h10,22-23,26-43,46-48,55-56,58-65H,11-21H2,1-9H3,(H,66,67);11-14,17-20H,5-10H2,1-4H3/t22?,23?,26?,27-,28-,29?,30?,31?,32-,33+,34-,35+,36-,37-,38+,39+,40-,41+,42?,43-,46+,47-,48-,50?,51-,52?,53-,54?;/m1./s1. The number of carboxylic acids is 1. The van der Waals surface area contributed by atoms with Crippen LogP contribution in [-0.4, -0.2) is 311 Å². The summed E-state index contributed by atoms with van der Waals surface area (Å²) in [6.45, 7) is 26.1. The van der Waals surface area contributed by atoms with Gasteiger partial charge < -0.3 is 119 Å². The van der Waals surface area contributed by atoms with E-state index in [4.69, 9.17) is 42.6 Å². The molecule has 4 aliphatic heterocycles. The Morgan fingerprint density at radius 3 is 1.78 bits per heavy atom. The summed E-state index contributed by atoms with van der Waals surface area (Å²) in [6.07, 6.45) is -24.6. The fourth-order valence-electron chi connectivity index (χ4n) is 18.8. The number of nitrogens with zero attached hydrogens (tertiary/aromatic N) is 2. The molecule has 29 heteroatoms. The molecule has 0 amide bonds. The lowest BCUT2D eigenvalue weighted by atomic mass is 9.33. The van der Waals surface area contributed by atoms with Gasteiger partial charge in [0.05, 0.1) is 80.0 Å². The zero-order valence-electron chi connectivity index (χ0n) is 58.7. The third-order valence-corrected chi connectivity index (χ3v) is 24.1. The van der Waals surface area contributed by atoms with E-state index in [1.54, 1.807) is 41.5 Å². The number of aliphatic hydroxyl groups excluding tert-OH is 14. The molecule has 0 aromatic carbocycles. The summed E-state index contributed by atoms with van der Waals surface area (Å²) in [7, 11) is 0. The maximum atomic E-state index is 13.6. The summed E-state index contributed by atoms with van der Waals surface area (Å²) in [6, 6.07) is 0. The maximum absolute atomic E-state index is 13.6. The SMILES string of the molecule is CC(=O)OC(C)C(C)C(=O)OCC12C3CC(C)(C)[C@H](O[C@@H]1C[C@]1(C)C3=CCC3C4(C)CCC(O[C@@H]5O[C@H](C(=O)O)[C@@H](O[C@H]6O[C@H](CO)[C@@H](O)[C@H](O)[C@H]6O)[C@H](O)[C@H]5O[C@@H]5OC[C@@H](O)[C@H](O)[C@H]5O)[C@](C)(CO)C4CCC31C)C2O.CC(O)CN(CCN(CC(C)O)CC(C)O)CC(C)O. The highest BCUT2D eigenvalue weighted by Gasteiger charge is 2.76. The first-order valence-electron chi connectivity index (χ1n) is 34.8. The zero-order chi connectivity index (χ0) is 72.1. The average molecular weight is 1390 g/mol. The Morgan fingerprint density at radius 1 is 0.660 bits per heavy atom. The summed E-state index contributed by atoms with van der Waals surface area (Å²) >= 11 is 0. The van der Waals surface area contributed by atoms with Crippen molar-refractivity contribution in [2.24, 2.45) is 56.2 Å². The summed E-state index contributed by atoms with van der Waals surface area (Å²) in [5, 5.41) is 158. The average Bonchev–Trinajstić information content (AvgIpc) is 1.65. The number of hydrogen-bond acceptors (Lipinski definition) is 28. The van der Waals surface area contributed by atoms with Crippen LogP contribution in [0, 0.1) is 56.2 Å². The van der Waals surface area contributed by atoms with Crippen molar-refractivity contribution in [1.82, 2.24) is 9.80 Å². The fourth-order valence-corrected chi connectivity index (χ4v) is 18.8. The first-order valence-corrected chi connectivity index (χ1v) is 34.8. The third kappa shape index (κ3) is 15.7. The van der Waals surface area contributed by atoms with E-state index in [-0.39, 0.29) is 36.4 Å². The van der Waals surface area contributed by atoms with E-state index in [1.807, 2.05) is 16.7 Å². The summed E-state index contributed by atoms with van der Waals surface area (Å²) < 4.78 is 54.3. The van der Waals surface area contributed by atoms with Gasteiger partial charge in [0.15, 0.2) is 25.0 Å². The van der Waals surface area contributed by atoms with Gasteiger partial charge in [0, 0.05) is 51.6 Å². The number of carbonyl (C=O) groups excluding carboxylic acids is 2. The number of hydrogen-bond donors (Lipinski definition) is 15. The van der Waals surface area contributed by atoms with Crippen molar-refractivity contribution in [3.05, 3.63) is 11.6 Å². The molecule has 4 saturated carbocycles. The van der Waals surface area contributed by atoms with Crippen LogP contribution in [0.4, 0.5) is 0 Å². The Labute approximate surface area is 568 Å². The number of allylic oxidation sites excluding steroid dienone is 2. The van der Waals surface area contributed by atoms with Crippen LogP contribution in [0.5, 0.6) is 0 Å². The summed E-state index contributed by atoms with van der Waals surface area (Å²) in [4.78, 5) is 42.4. The van der Waals surface area contributed by atoms with Crippen molar-refractivity contribution in [1.29, 1.82) is 0 Å². The Hall–Kier alpha value is -2.77. The molecule has 2 bridgehead atoms. The second kappa shape index (κ2) is 31.3. The van der Waals surface area contributed by atoms with Crippen LogP contribution in [0.2, 0.25) is 0 Å². The predicted octanol–water partition coefficient (Wildman–Crippen LogP) is -1.47. The topological polar surface area (TPSA) is 444 Å². The highest BCUT2D eigenvalue weighted by atomic mass is 16.8. The molecule has 4 heterocycles. The van der Waals surface area contributed by atoms with Gasteiger partial charge in [0.2, 0.25) is 0 Å². The van der Waals surface area contributed by atoms with Gasteiger partial charge in [-0.3, -0.25) is 19.4 Å². The van der Waals surface area contributed by atoms with Crippen molar-refractivity contribution in [3.8, 4) is 0 Å². The maximum Gasteiger partial charge on any atom is 0.335 e. The molecule has 4 saturated heterocycles. The minimum absolute atomic E-state index is 0.0482. The number of ether oxygens (including phenoxy) is 9. The van der Waals surface area contributed by atoms with Crippen LogP contribution in [0.15, 0.2) is 11.6 Å². The second-order valence-electron chi connectivity index (χ2n) is 31.7. The number of rotatable bonds is 25. The molecule has 560 valence electrons. The lowest BCUT2D eigenvalue weighted by Gasteiger charge is -2.71. The number of aliphatic carboxylic acids is 1. The van der Waals surface area contributed by atoms with Gasteiger partial charge in [-0.05, 0) is 126 Å². The fraction of sp³-hybridized carbons (Fsp3) is 0.926. The van der Waals surface area contributed by atoms with Crippen LogP contribution in [-0.2, 0) is 57.0 Å². The molecule has 32 atom stereocenters. The van der Waals surface area contributed by atoms with Crippen molar-refractivity contribution in [2.75, 3.05) is 65.7 Å². The van der Waals surface area contributed by atoms with Crippen LogP contribution >= 0.6 is 0 Å². The largest absolute Gasteiger partial charge is 0.479 e. The quantitative estimate of drug-likeness (QED) is 0.0282. The molecule has 0 aromatic rings. The molecule has 9 aliphatic rings. The summed E-state index contributed by atoms with van der Waals surface area (Å²) in [5.41, 5.74) is -2.40. The first kappa shape index (κ1) is 79.9. The lowest BCUT2D eigenvalue weighted by molar-refractivity contribution is -0.387. The van der Waals surface area contributed by atoms with E-state index in [0.717, 1.165) is 0 Å². The monoisotopic (exact) mass is 1390 g/mol. The number of fused-ring (bicyclic) bond motifs is 7. The van der Waals surface area contributed by atoms with Gasteiger partial charge in [0.1, 0.15) is 73.8 Å². The summed E-state index contributed by atoms with van der Waals surface area (Å²) in [5.74, 6) is -3.82. The van der Waals surface area contributed by atoms with Gasteiger partial charge in [-0.25, -0.2) is 4.79 Å². The van der Waals surface area contributed by atoms with E-state index in [0.29, 0.717) is 84.2 Å². The van der Waals surface area contributed by atoms with Crippen molar-refractivity contribution < 1.29 is 134 Å². The molecule has 9 rings (SSSR count). The van der Waals surface area contributed by atoms with Gasteiger partial charge >= 0.3 is 17.9 Å². The minimum Gasteiger partial charge on any atom is -0.479 e. The van der Waals surface area contributed by atoms with Gasteiger partial charge in [0.25, 0.3) is 0 Å².